The molecule has 0 atom stereocenters. The first-order valence-electron chi connectivity index (χ1n) is 22.6. The van der Waals surface area contributed by atoms with Crippen LogP contribution in [0.5, 0.6) is 0 Å². The van der Waals surface area contributed by atoms with Crippen LogP contribution >= 0.6 is 0 Å². The van der Waals surface area contributed by atoms with E-state index in [9.17, 15) is 0 Å². The molecule has 0 bridgehead atoms. The van der Waals surface area contributed by atoms with Gasteiger partial charge in [-0.25, -0.2) is 0 Å². The van der Waals surface area contributed by atoms with Gasteiger partial charge in [-0.05, 0) is 154 Å². The molecule has 2 nitrogen and oxygen atoms in total. The van der Waals surface area contributed by atoms with Gasteiger partial charge in [-0.15, -0.1) is 0 Å². The Bertz CT molecular complexity index is 3230. The maximum absolute atomic E-state index is 2.68. The van der Waals surface area contributed by atoms with Crippen LogP contribution in [0.25, 0.3) is 43.4 Å². The lowest BCUT2D eigenvalue weighted by Gasteiger charge is -2.52. The highest BCUT2D eigenvalue weighted by Gasteiger charge is 2.60. The molecule has 0 spiro atoms. The first kappa shape index (κ1) is 40.8. The van der Waals surface area contributed by atoms with Crippen LogP contribution in [0.2, 0.25) is 39.3 Å². The van der Waals surface area contributed by atoms with Gasteiger partial charge in [0.1, 0.15) is 0 Å². The van der Waals surface area contributed by atoms with Gasteiger partial charge in [0.05, 0.1) is 21.8 Å². The third-order valence-corrected chi connectivity index (χ3v) is 24.1. The molecule has 0 amide bonds. The van der Waals surface area contributed by atoms with E-state index in [1.807, 2.05) is 0 Å². The van der Waals surface area contributed by atoms with Crippen LogP contribution in [0.4, 0.5) is 34.1 Å². The molecule has 0 saturated carbocycles. The molecule has 1 aliphatic carbocycles. The summed E-state index contributed by atoms with van der Waals surface area (Å²) in [5.41, 5.74) is 18.2. The van der Waals surface area contributed by atoms with Gasteiger partial charge in [-0.2, -0.15) is 0 Å². The second kappa shape index (κ2) is 15.0. The molecule has 0 N–H and O–H groups in total. The van der Waals surface area contributed by atoms with Crippen LogP contribution in [0.3, 0.4) is 0 Å². The van der Waals surface area contributed by atoms with Gasteiger partial charge in [0.15, 0.2) is 0 Å². The third kappa shape index (κ3) is 6.24. The molecule has 10 rings (SSSR count). The van der Waals surface area contributed by atoms with Gasteiger partial charge < -0.3 is 9.80 Å². The first-order valence-corrected chi connectivity index (χ1v) is 29.6. The molecule has 0 unspecified atom stereocenters. The van der Waals surface area contributed by atoms with E-state index in [1.54, 1.807) is 5.56 Å². The normalized spacial score (nSPS) is 13.4. The molecule has 4 heteroatoms. The number of benzene rings is 9. The number of para-hydroxylation sites is 2. The van der Waals surface area contributed by atoms with Crippen molar-refractivity contribution in [1.29, 1.82) is 0 Å². The molecule has 0 saturated heterocycles. The maximum Gasteiger partial charge on any atom is 0.0579 e. The minimum absolute atomic E-state index is 0.135. The molecule has 0 fully saturated rings. The molecule has 1 aliphatic rings. The molecule has 0 aromatic heterocycles. The first-order chi connectivity index (χ1) is 30.2. The van der Waals surface area contributed by atoms with Crippen LogP contribution < -0.4 is 9.80 Å². The predicted octanol–water partition coefficient (Wildman–Crippen LogP) is 17.3. The van der Waals surface area contributed by atoms with Gasteiger partial charge in [0.25, 0.3) is 0 Å². The fraction of sp³-hybridized carbons (Fsp3) is 0.186. The van der Waals surface area contributed by atoms with E-state index in [-0.39, 0.29) is 4.66 Å². The van der Waals surface area contributed by atoms with Crippen molar-refractivity contribution in [3.05, 3.63) is 203 Å². The average molecular weight is 851 g/mol. The standard InChI is InChI=1S/C59H58N2Si2/c1-39-29-31-41(3)53(35-39)60(43-21-13-11-14-22-43)45-33-34-50-51(37-45)46-25-17-19-27-48(46)57-56-49-28-20-18-26-47(49)55(38-52(56)59(58(50)57,62(5,6)7)63(8,9)10)61(44-23-15-12-16-24-44)54-36-40(2)30-32-42(54)4/h11-38H,1-10H3. The summed E-state index contributed by atoms with van der Waals surface area (Å²) in [6.07, 6.45) is 0. The minimum Gasteiger partial charge on any atom is -0.310 e. The largest absolute Gasteiger partial charge is 0.310 e. The Balaban J connectivity index is 1.36. The summed E-state index contributed by atoms with van der Waals surface area (Å²) < 4.78 is -0.135. The van der Waals surface area contributed by atoms with Crippen molar-refractivity contribution < 1.29 is 0 Å². The minimum atomic E-state index is -2.16. The smallest absolute Gasteiger partial charge is 0.0579 e. The van der Waals surface area contributed by atoms with Crippen molar-refractivity contribution >= 4 is 82.6 Å². The van der Waals surface area contributed by atoms with E-state index in [1.165, 1.54) is 99.7 Å². The zero-order chi connectivity index (χ0) is 44.0. The molecular weight excluding hydrogens is 793 g/mol. The predicted molar refractivity (Wildman–Crippen MR) is 280 cm³/mol. The van der Waals surface area contributed by atoms with Crippen LogP contribution in [0.15, 0.2) is 170 Å². The molecule has 63 heavy (non-hydrogen) atoms. The lowest BCUT2D eigenvalue weighted by molar-refractivity contribution is 0.963. The van der Waals surface area contributed by atoms with E-state index in [0.29, 0.717) is 0 Å². The van der Waals surface area contributed by atoms with Crippen LogP contribution in [0.1, 0.15) is 33.4 Å². The van der Waals surface area contributed by atoms with E-state index >= 15 is 0 Å². The van der Waals surface area contributed by atoms with Gasteiger partial charge in [-0.3, -0.25) is 0 Å². The molecule has 312 valence electrons. The zero-order valence-electron chi connectivity index (χ0n) is 38.6. The van der Waals surface area contributed by atoms with Gasteiger partial charge in [0.2, 0.25) is 0 Å². The van der Waals surface area contributed by atoms with Crippen LogP contribution in [-0.2, 0) is 4.66 Å². The highest BCUT2D eigenvalue weighted by molar-refractivity contribution is 7.00. The molecule has 0 aliphatic heterocycles. The molecule has 9 aromatic carbocycles. The van der Waals surface area contributed by atoms with E-state index in [4.69, 9.17) is 0 Å². The highest BCUT2D eigenvalue weighted by Crippen LogP contribution is 2.64. The van der Waals surface area contributed by atoms with Crippen LogP contribution in [0, 0.1) is 27.7 Å². The van der Waals surface area contributed by atoms with Crippen molar-refractivity contribution in [3.8, 4) is 11.1 Å². The monoisotopic (exact) mass is 850 g/mol. The Kier molecular flexibility index (Phi) is 9.70. The summed E-state index contributed by atoms with van der Waals surface area (Å²) in [7, 11) is -4.32. The van der Waals surface area contributed by atoms with Crippen molar-refractivity contribution in [2.24, 2.45) is 0 Å². The fourth-order valence-corrected chi connectivity index (χ4v) is 24.8. The third-order valence-electron chi connectivity index (χ3n) is 14.0. The fourth-order valence-electron chi connectivity index (χ4n) is 11.8. The second-order valence-corrected chi connectivity index (χ2v) is 31.1. The van der Waals surface area contributed by atoms with Gasteiger partial charge in [-0.1, -0.05) is 155 Å². The Morgan fingerprint density at radius 1 is 0.349 bits per heavy atom. The summed E-state index contributed by atoms with van der Waals surface area (Å²) in [5.74, 6) is 0. The number of aryl methyl sites for hydroxylation is 4. The Hall–Kier alpha value is -6.21. The van der Waals surface area contributed by atoms with Crippen molar-refractivity contribution in [1.82, 2.24) is 0 Å². The maximum atomic E-state index is 2.68. The summed E-state index contributed by atoms with van der Waals surface area (Å²) in [6, 6.07) is 64.4. The van der Waals surface area contributed by atoms with E-state index in [0.717, 1.165) is 5.69 Å². The van der Waals surface area contributed by atoms with Crippen molar-refractivity contribution in [2.75, 3.05) is 9.80 Å². The number of hydrogen-bond acceptors (Lipinski definition) is 2. The number of anilines is 6. The van der Waals surface area contributed by atoms with Crippen molar-refractivity contribution in [3.63, 3.8) is 0 Å². The molecule has 0 heterocycles. The SMILES string of the molecule is Cc1ccc(C)c(N(c2ccccc2)c2ccc3c4c(c5ccccc5c3c2)-c2c(cc(N(c3ccccc3)c3cc(C)ccc3C)c3ccccc23)C4([Si](C)(C)C)[Si](C)(C)C)c1. The summed E-state index contributed by atoms with van der Waals surface area (Å²) in [6.45, 7) is 24.9. The average Bonchev–Trinajstić information content (AvgIpc) is 3.61. The van der Waals surface area contributed by atoms with Crippen LogP contribution in [-0.4, -0.2) is 16.1 Å². The summed E-state index contributed by atoms with van der Waals surface area (Å²) in [4.78, 5) is 5.02. The zero-order valence-corrected chi connectivity index (χ0v) is 40.6. The molecular formula is C59H58N2Si2. The quantitative estimate of drug-likeness (QED) is 0.111. The Morgan fingerprint density at radius 3 is 1.38 bits per heavy atom. The number of fused-ring (bicyclic) bond motifs is 10. The number of hydrogen-bond donors (Lipinski definition) is 0. The van der Waals surface area contributed by atoms with E-state index < -0.39 is 16.1 Å². The summed E-state index contributed by atoms with van der Waals surface area (Å²) in [5, 5.41) is 7.99. The van der Waals surface area contributed by atoms with Crippen molar-refractivity contribution in [2.45, 2.75) is 71.6 Å². The lowest BCUT2D eigenvalue weighted by Crippen LogP contribution is -2.63. The molecule has 0 radical (unpaired) electrons. The van der Waals surface area contributed by atoms with E-state index in [2.05, 4.69) is 247 Å². The Morgan fingerprint density at radius 2 is 0.825 bits per heavy atom. The lowest BCUT2D eigenvalue weighted by atomic mass is 9.89. The highest BCUT2D eigenvalue weighted by atomic mass is 28.4. The Labute approximate surface area is 376 Å². The topological polar surface area (TPSA) is 6.48 Å². The number of rotatable bonds is 8. The summed E-state index contributed by atoms with van der Waals surface area (Å²) >= 11 is 0. The number of nitrogens with zero attached hydrogens (tertiary/aromatic N) is 2. The second-order valence-electron chi connectivity index (χ2n) is 20.1. The van der Waals surface area contributed by atoms with Gasteiger partial charge in [0, 0.05) is 38.5 Å². The van der Waals surface area contributed by atoms with Gasteiger partial charge >= 0.3 is 0 Å². The molecule has 9 aromatic rings.